The summed E-state index contributed by atoms with van der Waals surface area (Å²) in [6.45, 7) is 0.0117. The number of carbonyl (C=O) groups excluding carboxylic acids is 3. The van der Waals surface area contributed by atoms with Crippen LogP contribution >= 0.6 is 11.6 Å². The van der Waals surface area contributed by atoms with Gasteiger partial charge < -0.3 is 30.7 Å². The van der Waals surface area contributed by atoms with Crippen LogP contribution < -0.4 is 20.7 Å². The van der Waals surface area contributed by atoms with Gasteiger partial charge in [0.1, 0.15) is 12.4 Å². The summed E-state index contributed by atoms with van der Waals surface area (Å²) in [5.41, 5.74) is 1.72. The molecule has 4 N–H and O–H groups in total. The maximum Gasteiger partial charge on any atom is 0.316 e. The zero-order valence-corrected chi connectivity index (χ0v) is 17.6. The zero-order chi connectivity index (χ0) is 22.4. The second kappa shape index (κ2) is 10.1. The lowest BCUT2D eigenvalue weighted by Gasteiger charge is -2.30. The second-order valence-corrected chi connectivity index (χ2v) is 7.14. The number of anilines is 1. The van der Waals surface area contributed by atoms with Gasteiger partial charge in [0.05, 0.1) is 24.7 Å². The molecule has 1 aliphatic heterocycles. The molecule has 1 atom stereocenters. The van der Waals surface area contributed by atoms with Crippen LogP contribution in [0.15, 0.2) is 42.5 Å². The fraction of sp³-hybridized carbons (Fsp3) is 0.286. The lowest BCUT2D eigenvalue weighted by molar-refractivity contribution is -0.131. The predicted octanol–water partition coefficient (Wildman–Crippen LogP) is 1.60. The van der Waals surface area contributed by atoms with Crippen LogP contribution in [0.3, 0.4) is 0 Å². The number of rotatable bonds is 7. The quantitative estimate of drug-likeness (QED) is 0.479. The number of nitrogens with one attached hydrogen (secondary N) is 3. The van der Waals surface area contributed by atoms with E-state index in [2.05, 4.69) is 16.0 Å². The van der Waals surface area contributed by atoms with Crippen molar-refractivity contribution in [2.45, 2.75) is 12.7 Å². The molecular formula is C21H23ClN4O5. The van der Waals surface area contributed by atoms with Crippen LogP contribution in [-0.2, 0) is 11.3 Å². The van der Waals surface area contributed by atoms with Crippen LogP contribution in [0.25, 0.3) is 0 Å². The lowest BCUT2D eigenvalue weighted by atomic mass is 10.1. The number of hydrogen-bond acceptors (Lipinski definition) is 6. The number of ketones is 1. The lowest BCUT2D eigenvalue weighted by Crippen LogP contribution is -2.57. The molecule has 0 spiro atoms. The van der Waals surface area contributed by atoms with E-state index >= 15 is 0 Å². The zero-order valence-electron chi connectivity index (χ0n) is 16.9. The summed E-state index contributed by atoms with van der Waals surface area (Å²) in [6, 6.07) is 11.2. The number of hydrogen-bond donors (Lipinski definition) is 4. The molecule has 9 nitrogen and oxygen atoms in total. The molecular weight excluding hydrogens is 424 g/mol. The van der Waals surface area contributed by atoms with Gasteiger partial charge in [-0.1, -0.05) is 29.8 Å². The molecule has 0 aromatic heterocycles. The van der Waals surface area contributed by atoms with Gasteiger partial charge in [-0.05, 0) is 29.8 Å². The second-order valence-electron chi connectivity index (χ2n) is 6.74. The van der Waals surface area contributed by atoms with Crippen molar-refractivity contribution in [2.75, 3.05) is 32.1 Å². The highest BCUT2D eigenvalue weighted by Gasteiger charge is 2.34. The minimum absolute atomic E-state index is 0.0299. The first kappa shape index (κ1) is 22.4. The SMILES string of the molecule is CNC(=O)NC(C(=O)c1ccc(OCCO)cc1Cl)N1Cc2ccccc2NCC1=O. The number of nitrogens with zero attached hydrogens (tertiary/aromatic N) is 1. The Hall–Kier alpha value is -3.30. The van der Waals surface area contributed by atoms with E-state index in [1.54, 1.807) is 0 Å². The van der Waals surface area contributed by atoms with Crippen molar-refractivity contribution >= 4 is 35.0 Å². The van der Waals surface area contributed by atoms with Crippen molar-refractivity contribution in [3.63, 3.8) is 0 Å². The Morgan fingerprint density at radius 1 is 1.29 bits per heavy atom. The Morgan fingerprint density at radius 3 is 2.77 bits per heavy atom. The van der Waals surface area contributed by atoms with E-state index in [1.807, 2.05) is 24.3 Å². The molecule has 2 aromatic carbocycles. The fourth-order valence-electron chi connectivity index (χ4n) is 3.19. The number of amides is 3. The van der Waals surface area contributed by atoms with Gasteiger partial charge in [0.15, 0.2) is 6.17 Å². The molecule has 1 heterocycles. The molecule has 0 saturated heterocycles. The van der Waals surface area contributed by atoms with Gasteiger partial charge in [-0.15, -0.1) is 0 Å². The molecule has 31 heavy (non-hydrogen) atoms. The Bertz CT molecular complexity index is 984. The Balaban J connectivity index is 1.94. The number of para-hydroxylation sites is 1. The summed E-state index contributed by atoms with van der Waals surface area (Å²) in [5.74, 6) is -0.518. The molecule has 3 amide bonds. The first-order valence-corrected chi connectivity index (χ1v) is 9.99. The van der Waals surface area contributed by atoms with Gasteiger partial charge in [-0.3, -0.25) is 9.59 Å². The van der Waals surface area contributed by atoms with Gasteiger partial charge in [0.2, 0.25) is 11.7 Å². The van der Waals surface area contributed by atoms with Crippen molar-refractivity contribution < 1.29 is 24.2 Å². The van der Waals surface area contributed by atoms with Gasteiger partial charge >= 0.3 is 6.03 Å². The number of carbonyl (C=O) groups is 3. The maximum absolute atomic E-state index is 13.4. The van der Waals surface area contributed by atoms with Crippen molar-refractivity contribution in [3.05, 3.63) is 58.6 Å². The van der Waals surface area contributed by atoms with Gasteiger partial charge in [-0.25, -0.2) is 4.79 Å². The van der Waals surface area contributed by atoms with Crippen molar-refractivity contribution in [2.24, 2.45) is 0 Å². The molecule has 0 radical (unpaired) electrons. The Kier molecular flexibility index (Phi) is 7.32. The number of aliphatic hydroxyl groups excluding tert-OH is 1. The predicted molar refractivity (Wildman–Crippen MR) is 115 cm³/mol. The number of Topliss-reactive ketones (excluding diaryl/α,β-unsaturated/α-hetero) is 1. The minimum Gasteiger partial charge on any atom is -0.491 e. The van der Waals surface area contributed by atoms with Crippen LogP contribution in [-0.4, -0.2) is 60.7 Å². The fourth-order valence-corrected chi connectivity index (χ4v) is 3.45. The van der Waals surface area contributed by atoms with Crippen LogP contribution in [0.2, 0.25) is 5.02 Å². The van der Waals surface area contributed by atoms with E-state index in [0.29, 0.717) is 5.75 Å². The van der Waals surface area contributed by atoms with Gasteiger partial charge in [0.25, 0.3) is 0 Å². The van der Waals surface area contributed by atoms with Crippen molar-refractivity contribution in [1.29, 1.82) is 0 Å². The molecule has 0 fully saturated rings. The molecule has 164 valence electrons. The summed E-state index contributed by atoms with van der Waals surface area (Å²) in [5, 5.41) is 17.0. The summed E-state index contributed by atoms with van der Waals surface area (Å²) >= 11 is 6.30. The molecule has 10 heteroatoms. The maximum atomic E-state index is 13.4. The minimum atomic E-state index is -1.28. The number of halogens is 1. The van der Waals surface area contributed by atoms with E-state index in [4.69, 9.17) is 21.4 Å². The number of benzene rings is 2. The highest BCUT2D eigenvalue weighted by atomic mass is 35.5. The summed E-state index contributed by atoms with van der Waals surface area (Å²) < 4.78 is 5.30. The number of ether oxygens (including phenoxy) is 1. The first-order valence-electron chi connectivity index (χ1n) is 9.61. The van der Waals surface area contributed by atoms with E-state index in [-0.39, 0.29) is 42.8 Å². The normalized spacial score (nSPS) is 14.0. The Morgan fingerprint density at radius 2 is 2.06 bits per heavy atom. The Labute approximate surface area is 184 Å². The molecule has 0 saturated carbocycles. The summed E-state index contributed by atoms with van der Waals surface area (Å²) in [4.78, 5) is 39.6. The molecule has 1 aliphatic rings. The van der Waals surface area contributed by atoms with Crippen LogP contribution in [0, 0.1) is 0 Å². The monoisotopic (exact) mass is 446 g/mol. The smallest absolute Gasteiger partial charge is 0.316 e. The van der Waals surface area contributed by atoms with Gasteiger partial charge in [-0.2, -0.15) is 0 Å². The average Bonchev–Trinajstić information content (AvgIpc) is 2.94. The van der Waals surface area contributed by atoms with Crippen molar-refractivity contribution in [3.8, 4) is 5.75 Å². The van der Waals surface area contributed by atoms with Crippen LogP contribution in [0.4, 0.5) is 10.5 Å². The van der Waals surface area contributed by atoms with Crippen LogP contribution in [0.1, 0.15) is 15.9 Å². The third-order valence-corrected chi connectivity index (χ3v) is 5.04. The third kappa shape index (κ3) is 5.25. The average molecular weight is 447 g/mol. The molecule has 0 aliphatic carbocycles. The largest absolute Gasteiger partial charge is 0.491 e. The van der Waals surface area contributed by atoms with E-state index in [1.165, 1.54) is 30.1 Å². The standard InChI is InChI=1S/C21H23ClN4O5/c1-23-21(30)25-20(19(29)15-7-6-14(10-16(15)22)31-9-8-27)26-12-13-4-2-3-5-17(13)24-11-18(26)28/h2-7,10,20,24,27H,8-9,11-12H2,1H3,(H2,23,25,30). The number of urea groups is 1. The molecule has 0 bridgehead atoms. The van der Waals surface area contributed by atoms with E-state index < -0.39 is 18.0 Å². The number of fused-ring (bicyclic) bond motifs is 1. The summed E-state index contributed by atoms with van der Waals surface area (Å²) in [7, 11) is 1.41. The molecule has 1 unspecified atom stereocenters. The summed E-state index contributed by atoms with van der Waals surface area (Å²) in [6.07, 6.45) is -1.28. The van der Waals surface area contributed by atoms with E-state index in [0.717, 1.165) is 11.3 Å². The topological polar surface area (TPSA) is 120 Å². The highest BCUT2D eigenvalue weighted by Crippen LogP contribution is 2.26. The first-order chi connectivity index (χ1) is 14.9. The third-order valence-electron chi connectivity index (χ3n) is 4.73. The molecule has 2 aromatic rings. The van der Waals surface area contributed by atoms with Crippen molar-refractivity contribution in [1.82, 2.24) is 15.5 Å². The van der Waals surface area contributed by atoms with Crippen LogP contribution in [0.5, 0.6) is 5.75 Å². The van der Waals surface area contributed by atoms with E-state index in [9.17, 15) is 14.4 Å². The molecule has 3 rings (SSSR count). The number of aliphatic hydroxyl groups is 1. The highest BCUT2D eigenvalue weighted by molar-refractivity contribution is 6.34. The van der Waals surface area contributed by atoms with Gasteiger partial charge in [0, 0.05) is 18.3 Å².